The first kappa shape index (κ1) is 13.1. The summed E-state index contributed by atoms with van der Waals surface area (Å²) in [7, 11) is 1.73. The van der Waals surface area contributed by atoms with Crippen LogP contribution in [0.1, 0.15) is 40.0 Å². The van der Waals surface area contributed by atoms with Gasteiger partial charge in [-0.25, -0.2) is 0 Å². The molecule has 0 aromatic heterocycles. The maximum atomic E-state index is 11.1. The molecule has 0 saturated heterocycles. The maximum Gasteiger partial charge on any atom is 0.307 e. The molecule has 0 saturated carbocycles. The van der Waals surface area contributed by atoms with Crippen LogP contribution in [0.25, 0.3) is 0 Å². The summed E-state index contributed by atoms with van der Waals surface area (Å²) < 4.78 is 0. The molecule has 0 aromatic rings. The third-order valence-electron chi connectivity index (χ3n) is 2.73. The van der Waals surface area contributed by atoms with Crippen molar-refractivity contribution in [1.82, 2.24) is 0 Å². The van der Waals surface area contributed by atoms with Crippen molar-refractivity contribution in [3.05, 3.63) is 0 Å². The van der Waals surface area contributed by atoms with E-state index in [0.717, 1.165) is 25.0 Å². The summed E-state index contributed by atoms with van der Waals surface area (Å²) >= 11 is 0. The van der Waals surface area contributed by atoms with Gasteiger partial charge in [0.05, 0.1) is 5.92 Å². The molecule has 0 fully saturated rings. The quantitative estimate of drug-likeness (QED) is 0.668. The van der Waals surface area contributed by atoms with Gasteiger partial charge in [-0.1, -0.05) is 20.3 Å². The predicted octanol–water partition coefficient (Wildman–Crippen LogP) is 2.60. The van der Waals surface area contributed by atoms with E-state index >= 15 is 0 Å². The second-order valence-corrected chi connectivity index (χ2v) is 3.61. The van der Waals surface area contributed by atoms with E-state index in [-0.39, 0.29) is 11.8 Å². The number of carboxylic acid groups (broad SMARTS) is 1. The van der Waals surface area contributed by atoms with Gasteiger partial charge < -0.3 is 5.11 Å². The van der Waals surface area contributed by atoms with Gasteiger partial charge in [0.15, 0.2) is 0 Å². The Morgan fingerprint density at radius 3 is 2.21 bits per heavy atom. The monoisotopic (exact) mass is 199 g/mol. The van der Waals surface area contributed by atoms with Crippen LogP contribution in [0.2, 0.25) is 0 Å². The van der Waals surface area contributed by atoms with E-state index in [4.69, 9.17) is 5.11 Å². The molecular weight excluding hydrogens is 178 g/mol. The highest BCUT2D eigenvalue weighted by Gasteiger charge is 2.27. The minimum atomic E-state index is -0.693. The SMILES string of the molecule is CCC[C@H](C(=O)O)[C@H](CC)C(C)=NC. The van der Waals surface area contributed by atoms with E-state index in [2.05, 4.69) is 4.99 Å². The molecule has 0 aliphatic rings. The van der Waals surface area contributed by atoms with Crippen LogP contribution in [0.15, 0.2) is 4.99 Å². The lowest BCUT2D eigenvalue weighted by Crippen LogP contribution is -2.28. The zero-order valence-electron chi connectivity index (χ0n) is 9.58. The van der Waals surface area contributed by atoms with Gasteiger partial charge >= 0.3 is 5.97 Å². The number of nitrogens with zero attached hydrogens (tertiary/aromatic N) is 1. The second-order valence-electron chi connectivity index (χ2n) is 3.61. The van der Waals surface area contributed by atoms with E-state index in [1.165, 1.54) is 0 Å². The van der Waals surface area contributed by atoms with Crippen molar-refractivity contribution in [3.8, 4) is 0 Å². The van der Waals surface area contributed by atoms with Gasteiger partial charge in [0.25, 0.3) is 0 Å². The first-order valence-electron chi connectivity index (χ1n) is 5.24. The molecule has 2 atom stereocenters. The molecule has 0 aliphatic heterocycles. The molecule has 0 aliphatic carbocycles. The minimum Gasteiger partial charge on any atom is -0.481 e. The van der Waals surface area contributed by atoms with Crippen molar-refractivity contribution in [2.75, 3.05) is 7.05 Å². The molecule has 1 N–H and O–H groups in total. The van der Waals surface area contributed by atoms with Crippen molar-refractivity contribution in [1.29, 1.82) is 0 Å². The summed E-state index contributed by atoms with van der Waals surface area (Å²) in [5.41, 5.74) is 0.952. The fraction of sp³-hybridized carbons (Fsp3) is 0.818. The Bertz CT molecular complexity index is 211. The van der Waals surface area contributed by atoms with Crippen LogP contribution in [-0.4, -0.2) is 23.8 Å². The number of aliphatic carboxylic acids is 1. The largest absolute Gasteiger partial charge is 0.481 e. The smallest absolute Gasteiger partial charge is 0.307 e. The highest BCUT2D eigenvalue weighted by atomic mass is 16.4. The standard InChI is InChI=1S/C11H21NO2/c1-5-7-10(11(13)14)9(6-2)8(3)12-4/h9-10H,5-7H2,1-4H3,(H,13,14)/t9-,10+/m1/s1. The number of carbonyl (C=O) groups is 1. The number of aliphatic imine (C=N–C) groups is 1. The first-order valence-corrected chi connectivity index (χ1v) is 5.24. The van der Waals surface area contributed by atoms with Gasteiger partial charge in [0.1, 0.15) is 0 Å². The molecular formula is C11H21NO2. The zero-order valence-corrected chi connectivity index (χ0v) is 9.58. The summed E-state index contributed by atoms with van der Waals surface area (Å²) in [5, 5.41) is 9.10. The minimum absolute atomic E-state index is 0.0949. The maximum absolute atomic E-state index is 11.1. The van der Waals surface area contributed by atoms with E-state index in [9.17, 15) is 4.79 Å². The Hall–Kier alpha value is -0.860. The molecule has 82 valence electrons. The van der Waals surface area contributed by atoms with E-state index in [0.29, 0.717) is 0 Å². The predicted molar refractivity (Wildman–Crippen MR) is 58.8 cm³/mol. The van der Waals surface area contributed by atoms with E-state index in [1.807, 2.05) is 20.8 Å². The summed E-state index contributed by atoms with van der Waals surface area (Å²) in [6.45, 7) is 5.95. The molecule has 0 spiro atoms. The summed E-state index contributed by atoms with van der Waals surface area (Å²) in [4.78, 5) is 15.2. The van der Waals surface area contributed by atoms with Crippen LogP contribution in [0.4, 0.5) is 0 Å². The van der Waals surface area contributed by atoms with Gasteiger partial charge in [0.2, 0.25) is 0 Å². The fourth-order valence-electron chi connectivity index (χ4n) is 1.84. The third-order valence-corrected chi connectivity index (χ3v) is 2.73. The molecule has 0 aromatic carbocycles. The van der Waals surface area contributed by atoms with Crippen molar-refractivity contribution < 1.29 is 9.90 Å². The van der Waals surface area contributed by atoms with Crippen LogP contribution in [0.3, 0.4) is 0 Å². The average Bonchev–Trinajstić information content (AvgIpc) is 2.16. The normalized spacial score (nSPS) is 16.4. The summed E-state index contributed by atoms with van der Waals surface area (Å²) in [6.07, 6.45) is 2.49. The Balaban J connectivity index is 4.66. The van der Waals surface area contributed by atoms with Crippen LogP contribution in [0, 0.1) is 11.8 Å². The van der Waals surface area contributed by atoms with Crippen molar-refractivity contribution in [3.63, 3.8) is 0 Å². The summed E-state index contributed by atoms with van der Waals surface area (Å²) in [5.74, 6) is -0.868. The molecule has 0 heterocycles. The lowest BCUT2D eigenvalue weighted by Gasteiger charge is -2.22. The Kier molecular flexibility index (Phi) is 6.17. The Morgan fingerprint density at radius 1 is 1.36 bits per heavy atom. The number of carboxylic acids is 1. The molecule has 3 nitrogen and oxygen atoms in total. The third kappa shape index (κ3) is 3.48. The Labute approximate surface area is 86.2 Å². The number of hydrogen-bond donors (Lipinski definition) is 1. The highest BCUT2D eigenvalue weighted by molar-refractivity contribution is 5.88. The van der Waals surface area contributed by atoms with E-state index in [1.54, 1.807) is 7.05 Å². The van der Waals surface area contributed by atoms with Gasteiger partial charge in [-0.05, 0) is 19.8 Å². The van der Waals surface area contributed by atoms with Crippen LogP contribution in [-0.2, 0) is 4.79 Å². The van der Waals surface area contributed by atoms with Crippen LogP contribution < -0.4 is 0 Å². The zero-order chi connectivity index (χ0) is 11.1. The van der Waals surface area contributed by atoms with Gasteiger partial charge in [-0.3, -0.25) is 9.79 Å². The fourth-order valence-corrected chi connectivity index (χ4v) is 1.84. The second kappa shape index (κ2) is 6.57. The van der Waals surface area contributed by atoms with Gasteiger partial charge in [-0.15, -0.1) is 0 Å². The number of rotatable bonds is 6. The molecule has 0 amide bonds. The van der Waals surface area contributed by atoms with E-state index < -0.39 is 5.97 Å². The Morgan fingerprint density at radius 2 is 1.93 bits per heavy atom. The van der Waals surface area contributed by atoms with Crippen molar-refractivity contribution in [2.24, 2.45) is 16.8 Å². The highest BCUT2D eigenvalue weighted by Crippen LogP contribution is 2.22. The lowest BCUT2D eigenvalue weighted by atomic mass is 9.83. The molecule has 14 heavy (non-hydrogen) atoms. The lowest BCUT2D eigenvalue weighted by molar-refractivity contribution is -0.143. The van der Waals surface area contributed by atoms with Crippen molar-refractivity contribution in [2.45, 2.75) is 40.0 Å². The molecule has 0 unspecified atom stereocenters. The van der Waals surface area contributed by atoms with Crippen LogP contribution >= 0.6 is 0 Å². The topological polar surface area (TPSA) is 49.7 Å². The van der Waals surface area contributed by atoms with Gasteiger partial charge in [-0.2, -0.15) is 0 Å². The summed E-state index contributed by atoms with van der Waals surface area (Å²) in [6, 6.07) is 0. The van der Waals surface area contributed by atoms with Crippen molar-refractivity contribution >= 4 is 11.7 Å². The molecule has 3 heteroatoms. The average molecular weight is 199 g/mol. The molecule has 0 radical (unpaired) electrons. The van der Waals surface area contributed by atoms with Gasteiger partial charge in [0, 0.05) is 18.7 Å². The molecule has 0 rings (SSSR count). The molecule has 0 bridgehead atoms. The number of hydrogen-bond acceptors (Lipinski definition) is 2. The first-order chi connectivity index (χ1) is 6.58. The van der Waals surface area contributed by atoms with Crippen LogP contribution in [0.5, 0.6) is 0 Å².